The number of hydrogen-bond donors (Lipinski definition) is 1. The summed E-state index contributed by atoms with van der Waals surface area (Å²) in [6.45, 7) is 7.52. The van der Waals surface area contributed by atoms with Crippen LogP contribution in [0.2, 0.25) is 0 Å². The SMILES string of the molecule is CCCC(CN(C)Cc1cnn(C)c1)NCC. The van der Waals surface area contributed by atoms with Crippen molar-refractivity contribution in [1.29, 1.82) is 0 Å². The Labute approximate surface area is 105 Å². The average Bonchev–Trinajstić information content (AvgIpc) is 2.64. The van der Waals surface area contributed by atoms with Crippen molar-refractivity contribution in [2.45, 2.75) is 39.3 Å². The molecule has 0 bridgehead atoms. The molecule has 1 atom stereocenters. The first-order valence-electron chi connectivity index (χ1n) is 6.55. The summed E-state index contributed by atoms with van der Waals surface area (Å²) < 4.78 is 1.86. The highest BCUT2D eigenvalue weighted by molar-refractivity contribution is 5.03. The Morgan fingerprint density at radius 1 is 1.47 bits per heavy atom. The molecule has 1 N–H and O–H groups in total. The second-order valence-corrected chi connectivity index (χ2v) is 4.76. The molecular formula is C13H26N4. The topological polar surface area (TPSA) is 33.1 Å². The molecule has 0 saturated carbocycles. The van der Waals surface area contributed by atoms with Crippen molar-refractivity contribution < 1.29 is 0 Å². The van der Waals surface area contributed by atoms with E-state index in [1.54, 1.807) is 0 Å². The highest BCUT2D eigenvalue weighted by Crippen LogP contribution is 2.04. The fourth-order valence-electron chi connectivity index (χ4n) is 2.20. The Hall–Kier alpha value is -0.870. The maximum atomic E-state index is 4.20. The quantitative estimate of drug-likeness (QED) is 0.747. The summed E-state index contributed by atoms with van der Waals surface area (Å²) in [7, 11) is 4.13. The standard InChI is InChI=1S/C13H26N4/c1-5-7-13(14-6-2)11-16(3)9-12-8-15-17(4)10-12/h8,10,13-14H,5-7,9,11H2,1-4H3. The zero-order valence-corrected chi connectivity index (χ0v) is 11.6. The van der Waals surface area contributed by atoms with Crippen molar-refractivity contribution in [3.8, 4) is 0 Å². The van der Waals surface area contributed by atoms with Gasteiger partial charge in [-0.2, -0.15) is 5.10 Å². The molecule has 1 unspecified atom stereocenters. The Kier molecular flexibility index (Phi) is 6.22. The molecule has 0 amide bonds. The molecule has 0 radical (unpaired) electrons. The van der Waals surface area contributed by atoms with Crippen molar-refractivity contribution in [1.82, 2.24) is 20.0 Å². The van der Waals surface area contributed by atoms with Crippen molar-refractivity contribution in [3.05, 3.63) is 18.0 Å². The highest BCUT2D eigenvalue weighted by atomic mass is 15.2. The predicted octanol–water partition coefficient (Wildman–Crippen LogP) is 1.63. The van der Waals surface area contributed by atoms with Crippen LogP contribution in [0.1, 0.15) is 32.3 Å². The van der Waals surface area contributed by atoms with E-state index in [1.165, 1.54) is 18.4 Å². The minimum atomic E-state index is 0.603. The van der Waals surface area contributed by atoms with E-state index in [4.69, 9.17) is 0 Å². The summed E-state index contributed by atoms with van der Waals surface area (Å²) in [6.07, 6.45) is 6.50. The van der Waals surface area contributed by atoms with Crippen LogP contribution in [0.15, 0.2) is 12.4 Å². The highest BCUT2D eigenvalue weighted by Gasteiger charge is 2.10. The third-order valence-electron chi connectivity index (χ3n) is 2.87. The van der Waals surface area contributed by atoms with Gasteiger partial charge in [-0.1, -0.05) is 20.3 Å². The van der Waals surface area contributed by atoms with Crippen LogP contribution in [-0.2, 0) is 13.6 Å². The lowest BCUT2D eigenvalue weighted by Gasteiger charge is -2.24. The molecule has 0 aliphatic carbocycles. The molecule has 98 valence electrons. The normalized spacial score (nSPS) is 13.2. The molecular weight excluding hydrogens is 212 g/mol. The van der Waals surface area contributed by atoms with Gasteiger partial charge in [0.25, 0.3) is 0 Å². The average molecular weight is 238 g/mol. The first kappa shape index (κ1) is 14.2. The Morgan fingerprint density at radius 2 is 2.24 bits per heavy atom. The number of likely N-dealkylation sites (N-methyl/N-ethyl adjacent to an activating group) is 2. The van der Waals surface area contributed by atoms with Gasteiger partial charge >= 0.3 is 0 Å². The zero-order valence-electron chi connectivity index (χ0n) is 11.6. The van der Waals surface area contributed by atoms with Gasteiger partial charge in [0.2, 0.25) is 0 Å². The second kappa shape index (κ2) is 7.45. The van der Waals surface area contributed by atoms with E-state index in [9.17, 15) is 0 Å². The first-order chi connectivity index (χ1) is 8.15. The van der Waals surface area contributed by atoms with Gasteiger partial charge in [0.1, 0.15) is 0 Å². The number of aryl methyl sites for hydroxylation is 1. The molecule has 1 heterocycles. The smallest absolute Gasteiger partial charge is 0.0534 e. The van der Waals surface area contributed by atoms with Crippen molar-refractivity contribution >= 4 is 0 Å². The summed E-state index contributed by atoms with van der Waals surface area (Å²) in [5.74, 6) is 0. The van der Waals surface area contributed by atoms with Gasteiger partial charge in [-0.05, 0) is 20.0 Å². The summed E-state index contributed by atoms with van der Waals surface area (Å²) in [4.78, 5) is 2.36. The van der Waals surface area contributed by atoms with Crippen molar-refractivity contribution in [2.24, 2.45) is 7.05 Å². The third-order valence-corrected chi connectivity index (χ3v) is 2.87. The maximum Gasteiger partial charge on any atom is 0.0534 e. The van der Waals surface area contributed by atoms with E-state index in [0.29, 0.717) is 6.04 Å². The van der Waals surface area contributed by atoms with Gasteiger partial charge in [-0.25, -0.2) is 0 Å². The minimum absolute atomic E-state index is 0.603. The van der Waals surface area contributed by atoms with Crippen molar-refractivity contribution in [3.63, 3.8) is 0 Å². The van der Waals surface area contributed by atoms with Crippen LogP contribution in [0.4, 0.5) is 0 Å². The van der Waals surface area contributed by atoms with Gasteiger partial charge < -0.3 is 10.2 Å². The summed E-state index contributed by atoms with van der Waals surface area (Å²) in [6, 6.07) is 0.603. The number of hydrogen-bond acceptors (Lipinski definition) is 3. The van der Waals surface area contributed by atoms with Crippen LogP contribution in [0.25, 0.3) is 0 Å². The minimum Gasteiger partial charge on any atom is -0.313 e. The fraction of sp³-hybridized carbons (Fsp3) is 0.769. The van der Waals surface area contributed by atoms with Gasteiger partial charge in [-0.15, -0.1) is 0 Å². The first-order valence-corrected chi connectivity index (χ1v) is 6.55. The molecule has 0 aliphatic rings. The molecule has 1 aromatic heterocycles. The largest absolute Gasteiger partial charge is 0.313 e. The molecule has 4 nitrogen and oxygen atoms in total. The number of nitrogens with one attached hydrogen (secondary N) is 1. The van der Waals surface area contributed by atoms with Gasteiger partial charge in [0.05, 0.1) is 6.20 Å². The van der Waals surface area contributed by atoms with Gasteiger partial charge in [-0.3, -0.25) is 4.68 Å². The van der Waals surface area contributed by atoms with E-state index in [-0.39, 0.29) is 0 Å². The molecule has 0 saturated heterocycles. The Bertz CT molecular complexity index is 302. The van der Waals surface area contributed by atoms with Crippen LogP contribution in [0.3, 0.4) is 0 Å². The van der Waals surface area contributed by atoms with E-state index in [2.05, 4.69) is 42.4 Å². The van der Waals surface area contributed by atoms with E-state index in [1.807, 2.05) is 17.9 Å². The van der Waals surface area contributed by atoms with Crippen LogP contribution in [0, 0.1) is 0 Å². The molecule has 17 heavy (non-hydrogen) atoms. The number of aromatic nitrogens is 2. The molecule has 0 aromatic carbocycles. The van der Waals surface area contributed by atoms with Gasteiger partial charge in [0, 0.05) is 37.9 Å². The molecule has 0 spiro atoms. The predicted molar refractivity (Wildman–Crippen MR) is 71.9 cm³/mol. The summed E-state index contributed by atoms with van der Waals surface area (Å²) in [5, 5.41) is 7.74. The molecule has 4 heteroatoms. The monoisotopic (exact) mass is 238 g/mol. The van der Waals surface area contributed by atoms with E-state index in [0.717, 1.165) is 19.6 Å². The fourth-order valence-corrected chi connectivity index (χ4v) is 2.20. The van der Waals surface area contributed by atoms with Crippen LogP contribution in [-0.4, -0.2) is 40.9 Å². The lowest BCUT2D eigenvalue weighted by molar-refractivity contribution is 0.275. The summed E-state index contributed by atoms with van der Waals surface area (Å²) >= 11 is 0. The van der Waals surface area contributed by atoms with Crippen molar-refractivity contribution in [2.75, 3.05) is 20.1 Å². The zero-order chi connectivity index (χ0) is 12.7. The molecule has 0 aliphatic heterocycles. The lowest BCUT2D eigenvalue weighted by Crippen LogP contribution is -2.39. The second-order valence-electron chi connectivity index (χ2n) is 4.76. The van der Waals surface area contributed by atoms with E-state index >= 15 is 0 Å². The lowest BCUT2D eigenvalue weighted by atomic mass is 10.1. The number of rotatable bonds is 8. The summed E-state index contributed by atoms with van der Waals surface area (Å²) in [5.41, 5.74) is 1.28. The maximum absolute atomic E-state index is 4.20. The van der Waals surface area contributed by atoms with Crippen LogP contribution >= 0.6 is 0 Å². The Morgan fingerprint density at radius 3 is 2.76 bits per heavy atom. The third kappa shape index (κ3) is 5.33. The van der Waals surface area contributed by atoms with Crippen LogP contribution in [0.5, 0.6) is 0 Å². The van der Waals surface area contributed by atoms with Gasteiger partial charge in [0.15, 0.2) is 0 Å². The Balaban J connectivity index is 2.38. The van der Waals surface area contributed by atoms with E-state index < -0.39 is 0 Å². The molecule has 0 fully saturated rings. The molecule has 1 aromatic rings. The van der Waals surface area contributed by atoms with Crippen LogP contribution < -0.4 is 5.32 Å². The number of nitrogens with zero attached hydrogens (tertiary/aromatic N) is 3. The molecule has 1 rings (SSSR count).